The average Bonchev–Trinajstić information content (AvgIpc) is 3.71. The average molecular weight is 836 g/mol. The van der Waals surface area contributed by atoms with Crippen LogP contribution in [-0.2, 0) is 26.2 Å². The van der Waals surface area contributed by atoms with Gasteiger partial charge in [-0.15, -0.1) is 78.1 Å². The summed E-state index contributed by atoms with van der Waals surface area (Å²) < 4.78 is 1.25. The Morgan fingerprint density at radius 3 is 1.80 bits per heavy atom. The quantitative estimate of drug-likeness (QED) is 0.150. The van der Waals surface area contributed by atoms with Gasteiger partial charge in [-0.25, -0.2) is 0 Å². The molecule has 49 heavy (non-hydrogen) atoms. The third-order valence-electron chi connectivity index (χ3n) is 10.2. The molecule has 8 aromatic rings. The Morgan fingerprint density at radius 2 is 1.16 bits per heavy atom. The minimum atomic E-state index is -1.63. The van der Waals surface area contributed by atoms with E-state index in [1.165, 1.54) is 80.9 Å². The molecule has 1 aliphatic heterocycles. The van der Waals surface area contributed by atoms with Crippen LogP contribution in [-0.4, -0.2) is 8.07 Å². The summed E-state index contributed by atoms with van der Waals surface area (Å²) in [5.74, 6) is 0.563. The molecule has 0 aliphatic carbocycles. The van der Waals surface area contributed by atoms with E-state index in [9.17, 15) is 0 Å². The normalized spacial score (nSPS) is 12.6. The van der Waals surface area contributed by atoms with Crippen LogP contribution in [0.2, 0.25) is 13.1 Å². The summed E-state index contributed by atoms with van der Waals surface area (Å²) >= 11 is 3.82. The van der Waals surface area contributed by atoms with Gasteiger partial charge < -0.3 is 24.8 Å². The topological polar surface area (TPSA) is 0 Å². The molecule has 0 spiro atoms. The van der Waals surface area contributed by atoms with Gasteiger partial charge in [0.1, 0.15) is 0 Å². The van der Waals surface area contributed by atoms with Gasteiger partial charge in [0, 0.05) is 0 Å². The third kappa shape index (κ3) is 6.15. The summed E-state index contributed by atoms with van der Waals surface area (Å²) in [6.45, 7) is 11.8. The van der Waals surface area contributed by atoms with E-state index < -0.39 is 8.07 Å². The molecular formula is C44H37BrCl2SiZr. The zero-order valence-corrected chi connectivity index (χ0v) is 34.9. The van der Waals surface area contributed by atoms with E-state index in [0.29, 0.717) is 5.92 Å². The van der Waals surface area contributed by atoms with Gasteiger partial charge in [0.25, 0.3) is 0 Å². The van der Waals surface area contributed by atoms with Gasteiger partial charge in [-0.3, -0.25) is 0 Å². The van der Waals surface area contributed by atoms with Gasteiger partial charge >= 0.3 is 26.2 Å². The predicted octanol–water partition coefficient (Wildman–Crippen LogP) is 6.09. The number of aryl methyl sites for hydroxylation is 1. The van der Waals surface area contributed by atoms with Crippen LogP contribution < -0.4 is 35.2 Å². The molecule has 9 rings (SSSR count). The monoisotopic (exact) mass is 832 g/mol. The SMILES string of the molecule is CC(C)c1cc2c(-c3cccc4ccccc34)cccc2[cH-]1.Cc1[cH-]c2c(Br)cc3c(-c4cccc5ccccc45)c2c1[Si]3(C)C.[Cl-].[Cl-].[Zr+4]. The molecule has 0 saturated carbocycles. The number of hydrogen-bond donors (Lipinski definition) is 0. The summed E-state index contributed by atoms with van der Waals surface area (Å²) in [5, 5.41) is 14.1. The number of benzene rings is 6. The molecule has 1 aliphatic rings. The summed E-state index contributed by atoms with van der Waals surface area (Å²) in [6.07, 6.45) is 0. The summed E-state index contributed by atoms with van der Waals surface area (Å²) in [5.41, 5.74) is 8.43. The van der Waals surface area contributed by atoms with Gasteiger partial charge in [-0.2, -0.15) is 6.07 Å². The maximum atomic E-state index is 3.82. The molecule has 0 N–H and O–H groups in total. The molecule has 0 radical (unpaired) electrons. The number of rotatable bonds is 3. The van der Waals surface area contributed by atoms with Crippen LogP contribution in [0.1, 0.15) is 30.9 Å². The maximum Gasteiger partial charge on any atom is 4.00 e. The van der Waals surface area contributed by atoms with Crippen LogP contribution in [0.4, 0.5) is 0 Å². The number of hydrogen-bond acceptors (Lipinski definition) is 0. The molecule has 0 amide bonds. The zero-order chi connectivity index (χ0) is 31.7. The Hall–Kier alpha value is -2.78. The predicted molar refractivity (Wildman–Crippen MR) is 208 cm³/mol. The smallest absolute Gasteiger partial charge is 1.00 e. The fourth-order valence-corrected chi connectivity index (χ4v) is 12.3. The van der Waals surface area contributed by atoms with Gasteiger partial charge in [0.15, 0.2) is 0 Å². The van der Waals surface area contributed by atoms with Crippen LogP contribution >= 0.6 is 15.9 Å². The number of halogens is 3. The fourth-order valence-electron chi connectivity index (χ4n) is 7.99. The van der Waals surface area contributed by atoms with Crippen molar-refractivity contribution in [3.05, 3.63) is 143 Å². The van der Waals surface area contributed by atoms with Crippen molar-refractivity contribution in [2.45, 2.75) is 39.8 Å². The standard InChI is InChI=1S/C22H18BrSi.C22H19.2ClH.Zr/c1-13-11-17-18(23)12-19-20(21(17)22(13)24(19,2)3)16-10-6-8-14-7-4-5-9-15(14)16;1-15(2)18-13-17-9-6-12-21(22(17)14-18)20-11-5-8-16-7-3-4-10-19(16)20;;;/h4-12H,1-3H3;3-15H,1-2H3;2*1H;/q2*-1;;;+4/p-2. The summed E-state index contributed by atoms with van der Waals surface area (Å²) in [6, 6.07) is 46.8. The van der Waals surface area contributed by atoms with Gasteiger partial charge in [0.2, 0.25) is 0 Å². The second-order valence-electron chi connectivity index (χ2n) is 13.7. The number of fused-ring (bicyclic) bond motifs is 4. The molecule has 2 bridgehead atoms. The molecule has 0 unspecified atom stereocenters. The zero-order valence-electron chi connectivity index (χ0n) is 28.3. The Balaban J connectivity index is 0.000000181. The van der Waals surface area contributed by atoms with Crippen molar-refractivity contribution >= 4 is 77.5 Å². The molecule has 0 saturated heterocycles. The van der Waals surface area contributed by atoms with Crippen LogP contribution in [0.5, 0.6) is 0 Å². The Morgan fingerprint density at radius 1 is 0.633 bits per heavy atom. The van der Waals surface area contributed by atoms with Crippen LogP contribution in [0.25, 0.3) is 65.3 Å². The molecule has 1 heterocycles. The fraction of sp³-hybridized carbons (Fsp3) is 0.136. The van der Waals surface area contributed by atoms with Gasteiger partial charge in [-0.05, 0) is 38.6 Å². The molecule has 0 atom stereocenters. The van der Waals surface area contributed by atoms with Gasteiger partial charge in [0.05, 0.1) is 8.07 Å². The molecule has 242 valence electrons. The minimum Gasteiger partial charge on any atom is -1.00 e. The van der Waals surface area contributed by atoms with Crippen molar-refractivity contribution in [1.82, 2.24) is 0 Å². The maximum absolute atomic E-state index is 3.82. The van der Waals surface area contributed by atoms with Crippen LogP contribution in [0.15, 0.2) is 132 Å². The Labute approximate surface area is 330 Å². The van der Waals surface area contributed by atoms with Gasteiger partial charge in [-0.1, -0.05) is 152 Å². The van der Waals surface area contributed by atoms with E-state index in [4.69, 9.17) is 0 Å². The molecule has 0 aromatic heterocycles. The van der Waals surface area contributed by atoms with E-state index in [0.717, 1.165) is 0 Å². The van der Waals surface area contributed by atoms with Crippen molar-refractivity contribution in [1.29, 1.82) is 0 Å². The Bertz CT molecular complexity index is 2460. The first kappa shape index (κ1) is 37.5. The van der Waals surface area contributed by atoms with E-state index in [1.54, 1.807) is 10.4 Å². The van der Waals surface area contributed by atoms with Crippen molar-refractivity contribution in [3.8, 4) is 22.3 Å². The first-order valence-corrected chi connectivity index (χ1v) is 20.1. The van der Waals surface area contributed by atoms with Crippen LogP contribution in [0, 0.1) is 6.92 Å². The summed E-state index contributed by atoms with van der Waals surface area (Å²) in [7, 11) is -1.63. The summed E-state index contributed by atoms with van der Waals surface area (Å²) in [4.78, 5) is 0. The van der Waals surface area contributed by atoms with E-state index in [-0.39, 0.29) is 51.0 Å². The first-order chi connectivity index (χ1) is 22.2. The molecule has 0 nitrogen and oxygen atoms in total. The van der Waals surface area contributed by atoms with Crippen molar-refractivity contribution < 1.29 is 51.0 Å². The molecule has 0 fully saturated rings. The Kier molecular flexibility index (Phi) is 11.1. The first-order valence-electron chi connectivity index (χ1n) is 16.3. The van der Waals surface area contributed by atoms with Crippen molar-refractivity contribution in [2.75, 3.05) is 0 Å². The molecule has 5 heteroatoms. The minimum absolute atomic E-state index is 0. The molecule has 8 aromatic carbocycles. The van der Waals surface area contributed by atoms with Crippen molar-refractivity contribution in [3.63, 3.8) is 0 Å². The van der Waals surface area contributed by atoms with E-state index in [1.807, 2.05) is 0 Å². The molecular weight excluding hydrogens is 799 g/mol. The second-order valence-corrected chi connectivity index (χ2v) is 18.8. The van der Waals surface area contributed by atoms with Crippen molar-refractivity contribution in [2.24, 2.45) is 0 Å². The third-order valence-corrected chi connectivity index (χ3v) is 14.5. The largest absolute Gasteiger partial charge is 4.00 e. The van der Waals surface area contributed by atoms with Crippen LogP contribution in [0.3, 0.4) is 0 Å². The van der Waals surface area contributed by atoms with E-state index >= 15 is 0 Å². The van der Waals surface area contributed by atoms with E-state index in [2.05, 4.69) is 177 Å². The second kappa shape index (κ2) is 14.5.